The van der Waals surface area contributed by atoms with Gasteiger partial charge in [-0.05, 0) is 75.6 Å². The molecular weight excluding hydrogens is 388 g/mol. The Kier molecular flexibility index (Phi) is 5.66. The molecule has 1 heteroatoms. The average molecular weight is 423 g/mol. The summed E-state index contributed by atoms with van der Waals surface area (Å²) in [6.45, 7) is 15.8. The summed E-state index contributed by atoms with van der Waals surface area (Å²) in [6, 6.07) is 21.7. The van der Waals surface area contributed by atoms with Gasteiger partial charge in [-0.15, -0.1) is 0 Å². The van der Waals surface area contributed by atoms with Crippen LogP contribution < -0.4 is 15.6 Å². The van der Waals surface area contributed by atoms with Gasteiger partial charge in [0.15, 0.2) is 8.07 Å². The minimum atomic E-state index is -2.45. The largest absolute Gasteiger partial charge is 0.179 e. The van der Waals surface area contributed by atoms with Gasteiger partial charge in [0.2, 0.25) is 0 Å². The summed E-state index contributed by atoms with van der Waals surface area (Å²) in [5, 5.41) is 6.06. The van der Waals surface area contributed by atoms with Crippen molar-refractivity contribution in [3.05, 3.63) is 111 Å². The molecule has 0 fully saturated rings. The van der Waals surface area contributed by atoms with Gasteiger partial charge in [-0.1, -0.05) is 106 Å². The molecule has 31 heavy (non-hydrogen) atoms. The number of benzene rings is 3. The minimum Gasteiger partial charge on any atom is -0.0801 e. The number of hydrogen-bond donors (Lipinski definition) is 0. The number of aryl methyl sites for hydroxylation is 6. The third-order valence-corrected chi connectivity index (χ3v) is 11.4. The van der Waals surface area contributed by atoms with Crippen molar-refractivity contribution in [2.45, 2.75) is 54.9 Å². The van der Waals surface area contributed by atoms with Gasteiger partial charge in [0.05, 0.1) is 0 Å². The van der Waals surface area contributed by atoms with Crippen molar-refractivity contribution >= 4 is 23.6 Å². The summed E-state index contributed by atoms with van der Waals surface area (Å²) in [7, 11) is -2.45. The van der Waals surface area contributed by atoms with Crippen LogP contribution in [-0.4, -0.2) is 8.07 Å². The Bertz CT molecular complexity index is 1040. The maximum Gasteiger partial charge on any atom is 0.179 e. The molecule has 0 radical (unpaired) electrons. The van der Waals surface area contributed by atoms with Crippen molar-refractivity contribution in [2.24, 2.45) is 0 Å². The van der Waals surface area contributed by atoms with Gasteiger partial charge < -0.3 is 0 Å². The van der Waals surface area contributed by atoms with Gasteiger partial charge >= 0.3 is 0 Å². The molecule has 0 bridgehead atoms. The van der Waals surface area contributed by atoms with E-state index in [1.807, 2.05) is 0 Å². The van der Waals surface area contributed by atoms with Crippen molar-refractivity contribution in [2.75, 3.05) is 0 Å². The fourth-order valence-electron chi connectivity index (χ4n) is 5.61. The smallest absolute Gasteiger partial charge is 0.0801 e. The Hall–Kier alpha value is -2.64. The fourth-order valence-corrected chi connectivity index (χ4v) is 11.3. The first-order chi connectivity index (χ1) is 14.7. The van der Waals surface area contributed by atoms with Crippen molar-refractivity contribution in [3.63, 3.8) is 0 Å². The molecule has 0 nitrogen and oxygen atoms in total. The van der Waals surface area contributed by atoms with Crippen molar-refractivity contribution in [1.29, 1.82) is 0 Å². The van der Waals surface area contributed by atoms with E-state index in [-0.39, 0.29) is 0 Å². The van der Waals surface area contributed by atoms with Crippen molar-refractivity contribution in [3.8, 4) is 0 Å². The number of hydrogen-bond acceptors (Lipinski definition) is 0. The summed E-state index contributed by atoms with van der Waals surface area (Å²) in [5.41, 5.74) is 9.54. The standard InChI is InChI=1S/C30H34Si/c1-20-11-21(2)15-27(14-20)31(30-10-8-9-26(30)7,28-16-22(3)12-23(4)17-28)29-18-24(5)13-25(6)19-29/h9-19H,8H2,1-7H3. The van der Waals surface area contributed by atoms with Crippen molar-refractivity contribution in [1.82, 2.24) is 0 Å². The first-order valence-corrected chi connectivity index (χ1v) is 13.3. The summed E-state index contributed by atoms with van der Waals surface area (Å²) < 4.78 is 0. The first kappa shape index (κ1) is 21.6. The minimum absolute atomic E-state index is 1.04. The van der Waals surface area contributed by atoms with Gasteiger partial charge in [0.1, 0.15) is 0 Å². The molecule has 1 aliphatic rings. The molecule has 0 atom stereocenters. The van der Waals surface area contributed by atoms with Crippen molar-refractivity contribution < 1.29 is 0 Å². The summed E-state index contributed by atoms with van der Waals surface area (Å²) in [6.07, 6.45) is 5.95. The lowest BCUT2D eigenvalue weighted by molar-refractivity contribution is 1.37. The van der Waals surface area contributed by atoms with E-state index in [0.717, 1.165) is 6.42 Å². The van der Waals surface area contributed by atoms with Crippen LogP contribution in [-0.2, 0) is 0 Å². The van der Waals surface area contributed by atoms with Crippen LogP contribution in [0.2, 0.25) is 0 Å². The molecule has 0 unspecified atom stereocenters. The summed E-state index contributed by atoms with van der Waals surface area (Å²) >= 11 is 0. The molecule has 158 valence electrons. The lowest BCUT2D eigenvalue weighted by Crippen LogP contribution is -2.69. The summed E-state index contributed by atoms with van der Waals surface area (Å²) in [4.78, 5) is 0. The molecule has 0 saturated carbocycles. The average Bonchev–Trinajstić information content (AvgIpc) is 3.06. The van der Waals surface area contributed by atoms with Crippen LogP contribution in [0.25, 0.3) is 0 Å². The topological polar surface area (TPSA) is 0 Å². The third-order valence-electron chi connectivity index (χ3n) is 6.54. The zero-order chi connectivity index (χ0) is 22.3. The molecule has 0 amide bonds. The zero-order valence-electron chi connectivity index (χ0n) is 20.1. The predicted octanol–water partition coefficient (Wildman–Crippen LogP) is 5.82. The van der Waals surface area contributed by atoms with Crippen LogP contribution in [0.3, 0.4) is 0 Å². The zero-order valence-corrected chi connectivity index (χ0v) is 21.1. The maximum atomic E-state index is 2.51. The van der Waals surface area contributed by atoms with E-state index in [0.29, 0.717) is 0 Å². The second-order valence-corrected chi connectivity index (χ2v) is 13.4. The Morgan fingerprint density at radius 3 is 1.03 bits per heavy atom. The summed E-state index contributed by atoms with van der Waals surface area (Å²) in [5.74, 6) is 0. The lowest BCUT2D eigenvalue weighted by atomic mass is 10.1. The van der Waals surface area contributed by atoms with E-state index in [4.69, 9.17) is 0 Å². The maximum absolute atomic E-state index is 2.51. The molecule has 0 N–H and O–H groups in total. The normalized spacial score (nSPS) is 13.9. The van der Waals surface area contributed by atoms with Crippen LogP contribution in [0, 0.1) is 41.5 Å². The third kappa shape index (κ3) is 3.88. The van der Waals surface area contributed by atoms with E-state index in [1.54, 1.807) is 5.20 Å². The molecule has 4 rings (SSSR count). The molecule has 0 aromatic heterocycles. The van der Waals surface area contributed by atoms with Crippen LogP contribution in [0.15, 0.2) is 77.5 Å². The molecule has 3 aromatic rings. The molecule has 0 spiro atoms. The highest BCUT2D eigenvalue weighted by molar-refractivity contribution is 7.16. The molecule has 0 heterocycles. The highest BCUT2D eigenvalue weighted by Crippen LogP contribution is 2.30. The second kappa shape index (κ2) is 8.13. The Balaban J connectivity index is 2.22. The van der Waals surface area contributed by atoms with E-state index >= 15 is 0 Å². The van der Waals surface area contributed by atoms with Gasteiger partial charge in [0, 0.05) is 0 Å². The van der Waals surface area contributed by atoms with Crippen LogP contribution in [0.5, 0.6) is 0 Å². The number of allylic oxidation sites excluding steroid dienone is 4. The van der Waals surface area contributed by atoms with E-state index < -0.39 is 8.07 Å². The quantitative estimate of drug-likeness (QED) is 0.367. The second-order valence-electron chi connectivity index (χ2n) is 9.62. The van der Waals surface area contributed by atoms with E-state index in [2.05, 4.69) is 115 Å². The Labute approximate surface area is 189 Å². The van der Waals surface area contributed by atoms with Crippen LogP contribution in [0.1, 0.15) is 46.7 Å². The lowest BCUT2D eigenvalue weighted by Gasteiger charge is -2.37. The van der Waals surface area contributed by atoms with Gasteiger partial charge in [-0.25, -0.2) is 0 Å². The monoisotopic (exact) mass is 422 g/mol. The predicted molar refractivity (Wildman–Crippen MR) is 139 cm³/mol. The fraction of sp³-hybridized carbons (Fsp3) is 0.267. The molecular formula is C30H34Si. The highest BCUT2D eigenvalue weighted by Gasteiger charge is 2.44. The SMILES string of the molecule is CC1=CCC=C1[Si](c1cc(C)cc(C)c1)(c1cc(C)cc(C)c1)c1cc(C)cc(C)c1. The van der Waals surface area contributed by atoms with Gasteiger partial charge in [-0.3, -0.25) is 0 Å². The van der Waals surface area contributed by atoms with Crippen LogP contribution >= 0.6 is 0 Å². The van der Waals surface area contributed by atoms with Crippen LogP contribution in [0.4, 0.5) is 0 Å². The number of rotatable bonds is 4. The van der Waals surface area contributed by atoms with E-state index in [1.165, 1.54) is 54.5 Å². The first-order valence-electron chi connectivity index (χ1n) is 11.3. The Morgan fingerprint density at radius 1 is 0.452 bits per heavy atom. The molecule has 0 saturated heterocycles. The molecule has 0 aliphatic heterocycles. The van der Waals surface area contributed by atoms with Gasteiger partial charge in [0.25, 0.3) is 0 Å². The molecule has 1 aliphatic carbocycles. The molecule has 3 aromatic carbocycles. The van der Waals surface area contributed by atoms with E-state index in [9.17, 15) is 0 Å². The highest BCUT2D eigenvalue weighted by atomic mass is 28.3. The van der Waals surface area contributed by atoms with Gasteiger partial charge in [-0.2, -0.15) is 0 Å². The Morgan fingerprint density at radius 2 is 0.774 bits per heavy atom.